The van der Waals surface area contributed by atoms with Crippen LogP contribution in [0.4, 0.5) is 0 Å². The molecular formula is C9H18O. The van der Waals surface area contributed by atoms with E-state index in [0.29, 0.717) is 5.92 Å². The van der Waals surface area contributed by atoms with Crippen molar-refractivity contribution in [1.29, 1.82) is 0 Å². The van der Waals surface area contributed by atoms with Crippen LogP contribution in [0, 0.1) is 5.92 Å². The minimum atomic E-state index is -0.236. The smallest absolute Gasteiger partial charge is 0.0748 e. The molecule has 0 saturated carbocycles. The van der Waals surface area contributed by atoms with E-state index >= 15 is 0 Å². The molecule has 10 heavy (non-hydrogen) atoms. The largest absolute Gasteiger partial charge is 0.389 e. The number of allylic oxidation sites excluding steroid dienone is 1. The highest BCUT2D eigenvalue weighted by atomic mass is 16.3. The Morgan fingerprint density at radius 1 is 1.30 bits per heavy atom. The van der Waals surface area contributed by atoms with Crippen molar-refractivity contribution in [2.45, 2.75) is 39.7 Å². The summed E-state index contributed by atoms with van der Waals surface area (Å²) in [5.74, 6) is 0.441. The van der Waals surface area contributed by atoms with Gasteiger partial charge in [0.1, 0.15) is 0 Å². The number of aliphatic hydroxyl groups excluding tert-OH is 1. The molecule has 1 N–H and O–H groups in total. The molecule has 0 aromatic rings. The first-order valence-electron chi connectivity index (χ1n) is 4.07. The Morgan fingerprint density at radius 2 is 1.80 bits per heavy atom. The average Bonchev–Trinajstić information content (AvgIpc) is 1.91. The van der Waals surface area contributed by atoms with Crippen LogP contribution in [0.3, 0.4) is 0 Å². The average molecular weight is 142 g/mol. The third-order valence-electron chi connectivity index (χ3n) is 1.92. The van der Waals surface area contributed by atoms with Gasteiger partial charge < -0.3 is 5.11 Å². The molecule has 0 rings (SSSR count). The van der Waals surface area contributed by atoms with Crippen LogP contribution >= 0.6 is 0 Å². The zero-order valence-electron chi connectivity index (χ0n) is 7.17. The van der Waals surface area contributed by atoms with Crippen LogP contribution in [-0.4, -0.2) is 11.2 Å². The van der Waals surface area contributed by atoms with Gasteiger partial charge in [-0.1, -0.05) is 38.8 Å². The second kappa shape index (κ2) is 5.48. The maximum Gasteiger partial charge on any atom is 0.0748 e. The third kappa shape index (κ3) is 3.02. The van der Waals surface area contributed by atoms with E-state index in [-0.39, 0.29) is 6.10 Å². The molecule has 0 aliphatic rings. The SMILES string of the molecule is C/C=C\C(O)C(CC)CC. The lowest BCUT2D eigenvalue weighted by molar-refractivity contribution is 0.146. The van der Waals surface area contributed by atoms with Crippen molar-refractivity contribution in [3.05, 3.63) is 12.2 Å². The predicted octanol–water partition coefficient (Wildman–Crippen LogP) is 2.36. The third-order valence-corrected chi connectivity index (χ3v) is 1.92. The Balaban J connectivity index is 3.75. The molecule has 1 nitrogen and oxygen atoms in total. The first-order chi connectivity index (χ1) is 4.76. The molecule has 0 fully saturated rings. The fraction of sp³-hybridized carbons (Fsp3) is 0.778. The van der Waals surface area contributed by atoms with Gasteiger partial charge in [-0.25, -0.2) is 0 Å². The summed E-state index contributed by atoms with van der Waals surface area (Å²) in [7, 11) is 0. The van der Waals surface area contributed by atoms with Crippen LogP contribution in [0.25, 0.3) is 0 Å². The fourth-order valence-corrected chi connectivity index (χ4v) is 1.13. The van der Waals surface area contributed by atoms with E-state index < -0.39 is 0 Å². The molecule has 0 heterocycles. The summed E-state index contributed by atoms with van der Waals surface area (Å²) in [5.41, 5.74) is 0. The van der Waals surface area contributed by atoms with E-state index in [9.17, 15) is 5.11 Å². The number of rotatable bonds is 4. The minimum absolute atomic E-state index is 0.236. The highest BCUT2D eigenvalue weighted by molar-refractivity contribution is 4.88. The van der Waals surface area contributed by atoms with Crippen LogP contribution in [-0.2, 0) is 0 Å². The number of hydrogen-bond acceptors (Lipinski definition) is 1. The second-order valence-electron chi connectivity index (χ2n) is 2.59. The summed E-state index contributed by atoms with van der Waals surface area (Å²) in [6.45, 7) is 6.16. The lowest BCUT2D eigenvalue weighted by Gasteiger charge is -2.15. The molecule has 0 saturated heterocycles. The van der Waals surface area contributed by atoms with Gasteiger partial charge >= 0.3 is 0 Å². The van der Waals surface area contributed by atoms with E-state index in [1.165, 1.54) is 0 Å². The van der Waals surface area contributed by atoms with Crippen molar-refractivity contribution >= 4 is 0 Å². The van der Waals surface area contributed by atoms with E-state index in [1.807, 2.05) is 19.1 Å². The second-order valence-corrected chi connectivity index (χ2v) is 2.59. The van der Waals surface area contributed by atoms with Crippen molar-refractivity contribution < 1.29 is 5.11 Å². The van der Waals surface area contributed by atoms with Crippen molar-refractivity contribution in [3.8, 4) is 0 Å². The summed E-state index contributed by atoms with van der Waals surface area (Å²) in [4.78, 5) is 0. The van der Waals surface area contributed by atoms with Gasteiger partial charge in [0.15, 0.2) is 0 Å². The molecule has 0 radical (unpaired) electrons. The zero-order chi connectivity index (χ0) is 7.98. The van der Waals surface area contributed by atoms with Gasteiger partial charge in [-0.2, -0.15) is 0 Å². The molecular weight excluding hydrogens is 124 g/mol. The van der Waals surface area contributed by atoms with Crippen LogP contribution in [0.2, 0.25) is 0 Å². The van der Waals surface area contributed by atoms with Crippen molar-refractivity contribution in [2.75, 3.05) is 0 Å². The first-order valence-corrected chi connectivity index (χ1v) is 4.07. The molecule has 0 aliphatic carbocycles. The first kappa shape index (κ1) is 9.70. The van der Waals surface area contributed by atoms with Crippen LogP contribution < -0.4 is 0 Å². The van der Waals surface area contributed by atoms with E-state index in [2.05, 4.69) is 13.8 Å². The number of aliphatic hydroxyl groups is 1. The Labute approximate surface area is 63.8 Å². The standard InChI is InChI=1S/C9H18O/c1-4-7-9(10)8(5-2)6-3/h4,7-10H,5-6H2,1-3H3/b7-4-. The normalized spacial score (nSPS) is 14.9. The summed E-state index contributed by atoms with van der Waals surface area (Å²) in [6, 6.07) is 0. The molecule has 60 valence electrons. The van der Waals surface area contributed by atoms with E-state index in [0.717, 1.165) is 12.8 Å². The molecule has 0 aromatic carbocycles. The van der Waals surface area contributed by atoms with E-state index in [1.54, 1.807) is 0 Å². The Kier molecular flexibility index (Phi) is 5.32. The molecule has 1 unspecified atom stereocenters. The summed E-state index contributed by atoms with van der Waals surface area (Å²) in [5, 5.41) is 9.42. The summed E-state index contributed by atoms with van der Waals surface area (Å²) < 4.78 is 0. The zero-order valence-corrected chi connectivity index (χ0v) is 7.17. The molecule has 0 aliphatic heterocycles. The monoisotopic (exact) mass is 142 g/mol. The van der Waals surface area contributed by atoms with Gasteiger partial charge in [0.25, 0.3) is 0 Å². The quantitative estimate of drug-likeness (QED) is 0.597. The van der Waals surface area contributed by atoms with Crippen molar-refractivity contribution in [2.24, 2.45) is 5.92 Å². The van der Waals surface area contributed by atoms with Gasteiger partial charge in [0, 0.05) is 0 Å². The predicted molar refractivity (Wildman–Crippen MR) is 44.9 cm³/mol. The van der Waals surface area contributed by atoms with Crippen LogP contribution in [0.1, 0.15) is 33.6 Å². The highest BCUT2D eigenvalue weighted by Gasteiger charge is 2.10. The lowest BCUT2D eigenvalue weighted by atomic mass is 9.96. The highest BCUT2D eigenvalue weighted by Crippen LogP contribution is 2.13. The van der Waals surface area contributed by atoms with Gasteiger partial charge in [-0.05, 0) is 12.8 Å². The maximum absolute atomic E-state index is 9.42. The molecule has 0 spiro atoms. The molecule has 0 aromatic heterocycles. The topological polar surface area (TPSA) is 20.2 Å². The summed E-state index contributed by atoms with van der Waals surface area (Å²) >= 11 is 0. The van der Waals surface area contributed by atoms with Gasteiger partial charge in [0.2, 0.25) is 0 Å². The maximum atomic E-state index is 9.42. The lowest BCUT2D eigenvalue weighted by Crippen LogP contribution is -2.15. The van der Waals surface area contributed by atoms with Crippen LogP contribution in [0.5, 0.6) is 0 Å². The van der Waals surface area contributed by atoms with Gasteiger partial charge in [-0.3, -0.25) is 0 Å². The molecule has 1 heteroatoms. The van der Waals surface area contributed by atoms with Gasteiger partial charge in [0.05, 0.1) is 6.10 Å². The van der Waals surface area contributed by atoms with Gasteiger partial charge in [-0.15, -0.1) is 0 Å². The Hall–Kier alpha value is -0.300. The number of hydrogen-bond donors (Lipinski definition) is 1. The van der Waals surface area contributed by atoms with Crippen molar-refractivity contribution in [3.63, 3.8) is 0 Å². The minimum Gasteiger partial charge on any atom is -0.389 e. The molecule has 0 amide bonds. The Morgan fingerprint density at radius 3 is 2.10 bits per heavy atom. The summed E-state index contributed by atoms with van der Waals surface area (Å²) in [6.07, 6.45) is 5.64. The van der Waals surface area contributed by atoms with E-state index in [4.69, 9.17) is 0 Å². The van der Waals surface area contributed by atoms with Crippen molar-refractivity contribution in [1.82, 2.24) is 0 Å². The van der Waals surface area contributed by atoms with Crippen LogP contribution in [0.15, 0.2) is 12.2 Å². The fourth-order valence-electron chi connectivity index (χ4n) is 1.13. The molecule has 1 atom stereocenters. The Bertz CT molecular complexity index is 92.9. The molecule has 0 bridgehead atoms.